The predicted molar refractivity (Wildman–Crippen MR) is 112 cm³/mol. The fourth-order valence-electron chi connectivity index (χ4n) is 3.57. The van der Waals surface area contributed by atoms with Crippen molar-refractivity contribution < 1.29 is 4.79 Å². The summed E-state index contributed by atoms with van der Waals surface area (Å²) in [5, 5.41) is 7.89. The predicted octanol–water partition coefficient (Wildman–Crippen LogP) is 3.41. The van der Waals surface area contributed by atoms with Crippen molar-refractivity contribution in [2.75, 3.05) is 5.32 Å². The molecular formula is C22H24N6O. The van der Waals surface area contributed by atoms with E-state index in [1.165, 1.54) is 5.56 Å². The second-order valence-electron chi connectivity index (χ2n) is 8.24. The van der Waals surface area contributed by atoms with Gasteiger partial charge < -0.3 is 11.1 Å². The van der Waals surface area contributed by atoms with Gasteiger partial charge >= 0.3 is 0 Å². The zero-order valence-electron chi connectivity index (χ0n) is 17.0. The number of primary amides is 1. The molecule has 1 amide bonds. The number of carbonyl (C=O) groups is 1. The van der Waals surface area contributed by atoms with E-state index in [1.54, 1.807) is 17.1 Å². The van der Waals surface area contributed by atoms with Gasteiger partial charge in [-0.1, -0.05) is 45.0 Å². The van der Waals surface area contributed by atoms with Crippen LogP contribution < -0.4 is 11.1 Å². The highest BCUT2D eigenvalue weighted by atomic mass is 16.1. The Balaban J connectivity index is 1.80. The molecule has 1 aliphatic rings. The van der Waals surface area contributed by atoms with E-state index in [1.807, 2.05) is 31.2 Å². The van der Waals surface area contributed by atoms with Crippen LogP contribution in [0.1, 0.15) is 44.9 Å². The first kappa shape index (κ1) is 18.9. The first-order valence-corrected chi connectivity index (χ1v) is 9.50. The van der Waals surface area contributed by atoms with Gasteiger partial charge in [0.1, 0.15) is 6.04 Å². The average Bonchev–Trinajstić information content (AvgIpc) is 3.10. The van der Waals surface area contributed by atoms with Crippen LogP contribution in [-0.2, 0) is 10.2 Å². The molecule has 0 aliphatic carbocycles. The number of carbonyl (C=O) groups excluding carboxylic acids is 1. The maximum Gasteiger partial charge on any atom is 0.248 e. The van der Waals surface area contributed by atoms with E-state index < -0.39 is 11.9 Å². The molecule has 148 valence electrons. The highest BCUT2D eigenvalue weighted by Crippen LogP contribution is 2.36. The Morgan fingerprint density at radius 1 is 1.10 bits per heavy atom. The standard InChI is InChI=1S/C22H24N6O/c1-13-17(19(23)29)18(14-9-11-24-12-10-14)28-21(25-13)26-20(27-28)15-5-7-16(8-6-15)22(2,3)4/h5-12,18H,1-4H3,(H2,23,29)(H,25,26,27). The zero-order valence-corrected chi connectivity index (χ0v) is 17.0. The van der Waals surface area contributed by atoms with Crippen molar-refractivity contribution in [3.05, 3.63) is 71.2 Å². The molecule has 0 saturated carbocycles. The molecule has 3 N–H and O–H groups in total. The Labute approximate surface area is 169 Å². The van der Waals surface area contributed by atoms with E-state index in [0.29, 0.717) is 23.0 Å². The lowest BCUT2D eigenvalue weighted by atomic mass is 9.87. The van der Waals surface area contributed by atoms with Crippen LogP contribution >= 0.6 is 0 Å². The minimum absolute atomic E-state index is 0.0742. The molecule has 1 atom stereocenters. The van der Waals surface area contributed by atoms with Crippen LogP contribution in [0.2, 0.25) is 0 Å². The van der Waals surface area contributed by atoms with Crippen LogP contribution in [-0.4, -0.2) is 25.7 Å². The molecule has 0 saturated heterocycles. The third kappa shape index (κ3) is 3.40. The first-order chi connectivity index (χ1) is 13.8. The molecule has 7 nitrogen and oxygen atoms in total. The van der Waals surface area contributed by atoms with Crippen molar-refractivity contribution in [1.82, 2.24) is 19.7 Å². The first-order valence-electron chi connectivity index (χ1n) is 9.50. The summed E-state index contributed by atoms with van der Waals surface area (Å²) < 4.78 is 1.72. The maximum atomic E-state index is 12.2. The second kappa shape index (κ2) is 6.84. The van der Waals surface area contributed by atoms with Gasteiger partial charge in [-0.2, -0.15) is 4.98 Å². The number of anilines is 1. The molecule has 7 heteroatoms. The zero-order chi connectivity index (χ0) is 20.8. The second-order valence-corrected chi connectivity index (χ2v) is 8.24. The summed E-state index contributed by atoms with van der Waals surface area (Å²) in [6, 6.07) is 11.5. The Hall–Kier alpha value is -3.48. The van der Waals surface area contributed by atoms with E-state index in [0.717, 1.165) is 11.1 Å². The summed E-state index contributed by atoms with van der Waals surface area (Å²) in [5.41, 5.74) is 9.94. The Kier molecular flexibility index (Phi) is 4.45. The topological polar surface area (TPSA) is 98.7 Å². The maximum absolute atomic E-state index is 12.2. The lowest BCUT2D eigenvalue weighted by Crippen LogP contribution is -2.31. The fourth-order valence-corrected chi connectivity index (χ4v) is 3.57. The Morgan fingerprint density at radius 2 is 1.76 bits per heavy atom. The lowest BCUT2D eigenvalue weighted by Gasteiger charge is -2.27. The number of fused-ring (bicyclic) bond motifs is 1. The van der Waals surface area contributed by atoms with Crippen LogP contribution in [0.4, 0.5) is 5.95 Å². The highest BCUT2D eigenvalue weighted by molar-refractivity contribution is 5.95. The number of hydrogen-bond acceptors (Lipinski definition) is 5. The van der Waals surface area contributed by atoms with Gasteiger partial charge in [0.2, 0.25) is 11.9 Å². The Morgan fingerprint density at radius 3 is 2.34 bits per heavy atom. The number of allylic oxidation sites excluding steroid dienone is 1. The number of pyridine rings is 1. The summed E-state index contributed by atoms with van der Waals surface area (Å²) >= 11 is 0. The van der Waals surface area contributed by atoms with E-state index in [2.05, 4.69) is 48.2 Å². The number of benzene rings is 1. The number of nitrogens with one attached hydrogen (secondary N) is 1. The van der Waals surface area contributed by atoms with Crippen molar-refractivity contribution in [2.24, 2.45) is 5.73 Å². The van der Waals surface area contributed by atoms with Gasteiger partial charge in [0.05, 0.1) is 5.57 Å². The minimum Gasteiger partial charge on any atom is -0.366 e. The largest absolute Gasteiger partial charge is 0.366 e. The third-order valence-electron chi connectivity index (χ3n) is 5.15. The number of aromatic nitrogens is 4. The van der Waals surface area contributed by atoms with Gasteiger partial charge in [0, 0.05) is 23.7 Å². The van der Waals surface area contributed by atoms with Crippen molar-refractivity contribution in [1.29, 1.82) is 0 Å². The number of amides is 1. The van der Waals surface area contributed by atoms with Crippen molar-refractivity contribution in [2.45, 2.75) is 39.2 Å². The quantitative estimate of drug-likeness (QED) is 0.716. The van der Waals surface area contributed by atoms with Crippen LogP contribution in [0, 0.1) is 0 Å². The third-order valence-corrected chi connectivity index (χ3v) is 5.15. The number of hydrogen-bond donors (Lipinski definition) is 2. The molecule has 0 fully saturated rings. The van der Waals surface area contributed by atoms with Gasteiger partial charge in [-0.15, -0.1) is 5.10 Å². The van der Waals surface area contributed by atoms with Gasteiger partial charge in [0.25, 0.3) is 0 Å². The highest BCUT2D eigenvalue weighted by Gasteiger charge is 2.33. The smallest absolute Gasteiger partial charge is 0.248 e. The summed E-state index contributed by atoms with van der Waals surface area (Å²) in [5.74, 6) is 0.670. The SMILES string of the molecule is CC1=C(C(N)=O)C(c2ccncc2)n2nc(-c3ccc(C(C)(C)C)cc3)nc2N1. The molecule has 29 heavy (non-hydrogen) atoms. The summed E-state index contributed by atoms with van der Waals surface area (Å²) in [4.78, 5) is 21.0. The normalized spacial score (nSPS) is 16.3. The molecule has 1 unspecified atom stereocenters. The van der Waals surface area contributed by atoms with Crippen molar-refractivity contribution >= 4 is 11.9 Å². The summed E-state index contributed by atoms with van der Waals surface area (Å²) in [6.45, 7) is 8.36. The van der Waals surface area contributed by atoms with Crippen LogP contribution in [0.5, 0.6) is 0 Å². The molecule has 1 aromatic carbocycles. The van der Waals surface area contributed by atoms with Crippen molar-refractivity contribution in [3.63, 3.8) is 0 Å². The van der Waals surface area contributed by atoms with E-state index >= 15 is 0 Å². The molecule has 4 rings (SSSR count). The molecule has 1 aliphatic heterocycles. The van der Waals surface area contributed by atoms with Crippen LogP contribution in [0.25, 0.3) is 11.4 Å². The van der Waals surface area contributed by atoms with Crippen molar-refractivity contribution in [3.8, 4) is 11.4 Å². The monoisotopic (exact) mass is 388 g/mol. The molecule has 2 aromatic heterocycles. The van der Waals surface area contributed by atoms with Gasteiger partial charge in [-0.3, -0.25) is 9.78 Å². The fraction of sp³-hybridized carbons (Fsp3) is 0.273. The minimum atomic E-state index is -0.492. The van der Waals surface area contributed by atoms with Gasteiger partial charge in [0.15, 0.2) is 5.82 Å². The molecular weight excluding hydrogens is 364 g/mol. The van der Waals surface area contributed by atoms with Crippen LogP contribution in [0.15, 0.2) is 60.1 Å². The number of nitrogens with two attached hydrogens (primary N) is 1. The molecule has 3 heterocycles. The van der Waals surface area contributed by atoms with E-state index in [4.69, 9.17) is 10.8 Å². The Bertz CT molecular complexity index is 1090. The van der Waals surface area contributed by atoms with Gasteiger partial charge in [-0.05, 0) is 35.6 Å². The van der Waals surface area contributed by atoms with E-state index in [9.17, 15) is 4.79 Å². The molecule has 0 radical (unpaired) electrons. The molecule has 0 bridgehead atoms. The molecule has 3 aromatic rings. The van der Waals surface area contributed by atoms with E-state index in [-0.39, 0.29) is 5.41 Å². The summed E-state index contributed by atoms with van der Waals surface area (Å²) in [7, 11) is 0. The number of rotatable bonds is 3. The molecule has 0 spiro atoms. The average molecular weight is 388 g/mol. The summed E-state index contributed by atoms with van der Waals surface area (Å²) in [6.07, 6.45) is 3.38. The number of nitrogens with zero attached hydrogens (tertiary/aromatic N) is 4. The van der Waals surface area contributed by atoms with Gasteiger partial charge in [-0.25, -0.2) is 4.68 Å². The lowest BCUT2D eigenvalue weighted by molar-refractivity contribution is -0.115. The van der Waals surface area contributed by atoms with Crippen LogP contribution in [0.3, 0.4) is 0 Å².